The number of Topliss-reactive ketones (excluding diaryl/α,β-unsaturated/α-hetero) is 2. The molecule has 30 heavy (non-hydrogen) atoms. The van der Waals surface area contributed by atoms with Crippen LogP contribution < -0.4 is 11.1 Å². The Bertz CT molecular complexity index is 429. The molecular weight excluding hydrogens is 392 g/mol. The van der Waals surface area contributed by atoms with Crippen LogP contribution in [-0.4, -0.2) is 96.3 Å². The maximum absolute atomic E-state index is 10.7. The van der Waals surface area contributed by atoms with Crippen LogP contribution >= 0.6 is 0 Å². The molecule has 1 fully saturated rings. The number of carbonyl (C=O) groups excluding carboxylic acids is 2. The lowest BCUT2D eigenvalue weighted by Crippen LogP contribution is -2.61. The normalized spacial score (nSPS) is 17.7. The molecule has 3 N–H and O–H groups in total. The van der Waals surface area contributed by atoms with Crippen LogP contribution in [0.25, 0.3) is 0 Å². The van der Waals surface area contributed by atoms with Gasteiger partial charge in [-0.3, -0.25) is 9.59 Å². The summed E-state index contributed by atoms with van der Waals surface area (Å²) in [4.78, 5) is 21.1. The first kappa shape index (κ1) is 31.2. The minimum absolute atomic E-state index is 0. The fourth-order valence-electron chi connectivity index (χ4n) is 2.07. The highest BCUT2D eigenvalue weighted by Crippen LogP contribution is 2.22. The number of rotatable bonds is 16. The third-order valence-electron chi connectivity index (χ3n) is 3.88. The second-order valence-electron chi connectivity index (χ2n) is 6.67. The fourth-order valence-corrected chi connectivity index (χ4v) is 2.07. The number of hydrogen-bond acceptors (Lipinski definition) is 9. The highest BCUT2D eigenvalue weighted by molar-refractivity contribution is 6.47. The van der Waals surface area contributed by atoms with E-state index >= 15 is 0 Å². The van der Waals surface area contributed by atoms with Gasteiger partial charge in [0, 0.05) is 14.4 Å². The third kappa shape index (κ3) is 16.8. The minimum Gasteiger partial charge on any atom is -0.378 e. The first-order valence-corrected chi connectivity index (χ1v) is 10.8. The molecule has 9 heteroatoms. The van der Waals surface area contributed by atoms with E-state index in [1.807, 2.05) is 27.7 Å². The Labute approximate surface area is 183 Å². The monoisotopic (exact) mass is 438 g/mol. The van der Waals surface area contributed by atoms with Crippen molar-refractivity contribution in [1.29, 1.82) is 0 Å². The Kier molecular flexibility index (Phi) is 22.2. The Hall–Kier alpha value is -0.940. The van der Waals surface area contributed by atoms with Crippen molar-refractivity contribution in [2.24, 2.45) is 5.73 Å². The molecule has 1 unspecified atom stereocenters. The second kappa shape index (κ2) is 21.3. The number of ether oxygens (including phenoxy) is 5. The highest BCUT2D eigenvalue weighted by atomic mass is 16.6. The Morgan fingerprint density at radius 1 is 0.900 bits per heavy atom. The summed E-state index contributed by atoms with van der Waals surface area (Å²) < 4.78 is 26.5. The number of carbonyl (C=O) groups is 2. The zero-order valence-electron chi connectivity index (χ0n) is 19.8. The molecule has 0 heterocycles. The van der Waals surface area contributed by atoms with Crippen molar-refractivity contribution in [1.82, 2.24) is 5.32 Å². The first-order chi connectivity index (χ1) is 14.4. The molecule has 0 aromatic heterocycles. The van der Waals surface area contributed by atoms with Gasteiger partial charge in [0.05, 0.1) is 71.1 Å². The summed E-state index contributed by atoms with van der Waals surface area (Å²) in [5.74, 6) is -0.545. The average Bonchev–Trinajstić information content (AvgIpc) is 2.75. The number of hydrogen-bond donors (Lipinski definition) is 2. The van der Waals surface area contributed by atoms with Gasteiger partial charge in [-0.05, 0) is 27.8 Å². The number of likely N-dealkylation sites (N-methyl/N-ethyl adjacent to an activating group) is 1. The van der Waals surface area contributed by atoms with E-state index in [0.717, 1.165) is 0 Å². The summed E-state index contributed by atoms with van der Waals surface area (Å²) in [6.07, 6.45) is 0.605. The van der Waals surface area contributed by atoms with E-state index in [9.17, 15) is 9.59 Å². The largest absolute Gasteiger partial charge is 0.378 e. The van der Waals surface area contributed by atoms with Gasteiger partial charge in [-0.2, -0.15) is 0 Å². The smallest absolute Gasteiger partial charge is 0.218 e. The predicted octanol–water partition coefficient (Wildman–Crippen LogP) is 1.22. The van der Waals surface area contributed by atoms with Crippen LogP contribution in [0.15, 0.2) is 0 Å². The summed E-state index contributed by atoms with van der Waals surface area (Å²) in [6, 6.07) is 0. The second-order valence-corrected chi connectivity index (χ2v) is 6.67. The average molecular weight is 439 g/mol. The van der Waals surface area contributed by atoms with Gasteiger partial charge in [-0.15, -0.1) is 0 Å². The van der Waals surface area contributed by atoms with Crippen molar-refractivity contribution in [3.63, 3.8) is 0 Å². The molecule has 1 saturated carbocycles. The van der Waals surface area contributed by atoms with E-state index in [1.54, 1.807) is 14.0 Å². The van der Waals surface area contributed by atoms with Gasteiger partial charge in [0.25, 0.3) is 0 Å². The molecule has 182 valence electrons. The van der Waals surface area contributed by atoms with Crippen LogP contribution in [0.3, 0.4) is 0 Å². The topological polar surface area (TPSA) is 118 Å². The highest BCUT2D eigenvalue weighted by Gasteiger charge is 2.48. The zero-order chi connectivity index (χ0) is 23.3. The summed E-state index contributed by atoms with van der Waals surface area (Å²) in [5, 5.41) is 2.79. The lowest BCUT2D eigenvalue weighted by atomic mass is 9.76. The van der Waals surface area contributed by atoms with E-state index in [2.05, 4.69) is 5.32 Å². The van der Waals surface area contributed by atoms with Crippen LogP contribution in [0.1, 0.15) is 42.5 Å². The first-order valence-electron chi connectivity index (χ1n) is 10.8. The van der Waals surface area contributed by atoms with Crippen molar-refractivity contribution < 1.29 is 34.7 Å². The molecule has 0 radical (unpaired) electrons. The summed E-state index contributed by atoms with van der Waals surface area (Å²) in [5.41, 5.74) is 4.73. The molecule has 0 spiro atoms. The summed E-state index contributed by atoms with van der Waals surface area (Å²) >= 11 is 0. The molecular formula is C21H46N2O7. The molecule has 0 amide bonds. The maximum atomic E-state index is 10.7. The maximum Gasteiger partial charge on any atom is 0.218 e. The SMILES string of the molecule is CC.CC(C)OCCOCCOCCOCCOCCN.CNC1(C)CC(=O)C1=O.[HH]. The van der Waals surface area contributed by atoms with E-state index in [1.165, 1.54) is 0 Å². The number of nitrogens with one attached hydrogen (secondary N) is 1. The summed E-state index contributed by atoms with van der Waals surface area (Å²) in [6.45, 7) is 15.6. The van der Waals surface area contributed by atoms with Crippen molar-refractivity contribution in [2.45, 2.75) is 52.7 Å². The van der Waals surface area contributed by atoms with Gasteiger partial charge >= 0.3 is 0 Å². The predicted molar refractivity (Wildman–Crippen MR) is 119 cm³/mol. The molecule has 0 saturated heterocycles. The van der Waals surface area contributed by atoms with Gasteiger partial charge in [0.1, 0.15) is 0 Å². The Morgan fingerprint density at radius 2 is 1.30 bits per heavy atom. The van der Waals surface area contributed by atoms with Crippen LogP contribution in [0.2, 0.25) is 0 Å². The number of nitrogens with two attached hydrogens (primary N) is 1. The molecule has 0 aromatic rings. The number of ketones is 2. The van der Waals surface area contributed by atoms with Crippen LogP contribution in [0, 0.1) is 0 Å². The fraction of sp³-hybridized carbons (Fsp3) is 0.905. The van der Waals surface area contributed by atoms with Gasteiger partial charge in [-0.1, -0.05) is 13.8 Å². The summed E-state index contributed by atoms with van der Waals surface area (Å²) in [7, 11) is 1.68. The molecule has 1 atom stereocenters. The molecule has 1 rings (SSSR count). The van der Waals surface area contributed by atoms with E-state index < -0.39 is 5.54 Å². The lowest BCUT2D eigenvalue weighted by molar-refractivity contribution is -0.148. The van der Waals surface area contributed by atoms with E-state index in [4.69, 9.17) is 29.4 Å². The zero-order valence-corrected chi connectivity index (χ0v) is 19.8. The van der Waals surface area contributed by atoms with E-state index in [0.29, 0.717) is 72.4 Å². The molecule has 0 aromatic carbocycles. The molecule has 9 nitrogen and oxygen atoms in total. The van der Waals surface area contributed by atoms with Crippen LogP contribution in [0.4, 0.5) is 0 Å². The Morgan fingerprint density at radius 3 is 1.57 bits per heavy atom. The molecule has 0 bridgehead atoms. The minimum atomic E-state index is -0.545. The Balaban J connectivity index is -0.000000544. The lowest BCUT2D eigenvalue weighted by Gasteiger charge is -2.33. The third-order valence-corrected chi connectivity index (χ3v) is 3.88. The van der Waals surface area contributed by atoms with Gasteiger partial charge in [0.2, 0.25) is 11.6 Å². The van der Waals surface area contributed by atoms with Crippen LogP contribution in [0.5, 0.6) is 0 Å². The van der Waals surface area contributed by atoms with Gasteiger partial charge < -0.3 is 34.7 Å². The van der Waals surface area contributed by atoms with Crippen LogP contribution in [-0.2, 0) is 33.3 Å². The van der Waals surface area contributed by atoms with Crippen molar-refractivity contribution in [3.8, 4) is 0 Å². The molecule has 1 aliphatic rings. The van der Waals surface area contributed by atoms with Crippen molar-refractivity contribution in [3.05, 3.63) is 0 Å². The molecule has 1 aliphatic carbocycles. The van der Waals surface area contributed by atoms with Crippen molar-refractivity contribution in [2.75, 3.05) is 73.1 Å². The van der Waals surface area contributed by atoms with Gasteiger partial charge in [-0.25, -0.2) is 0 Å². The quantitative estimate of drug-likeness (QED) is 0.271. The van der Waals surface area contributed by atoms with Crippen molar-refractivity contribution >= 4 is 11.6 Å². The van der Waals surface area contributed by atoms with Gasteiger partial charge in [0.15, 0.2) is 0 Å². The van der Waals surface area contributed by atoms with E-state index in [-0.39, 0.29) is 19.1 Å². The standard InChI is InChI=1S/C13H29NO5.C6H9NO2.C2H6.H2/c1-13(2)19-12-11-18-10-9-17-8-7-16-6-5-15-4-3-14;1-6(7-2)3-4(8)5(6)9;1-2;/h13H,3-12,14H2,1-2H3;7H,3H2,1-2H3;1-2H3;1H. The molecule has 0 aliphatic heterocycles.